The van der Waals surface area contributed by atoms with Crippen molar-refractivity contribution >= 4 is 5.69 Å². The maximum absolute atomic E-state index is 11.3. The zero-order valence-corrected chi connectivity index (χ0v) is 11.7. The summed E-state index contributed by atoms with van der Waals surface area (Å²) in [5.41, 5.74) is 3.00. The van der Waals surface area contributed by atoms with E-state index in [1.165, 1.54) is 0 Å². The van der Waals surface area contributed by atoms with E-state index >= 15 is 0 Å². The van der Waals surface area contributed by atoms with Gasteiger partial charge in [0.1, 0.15) is 0 Å². The second-order valence-corrected chi connectivity index (χ2v) is 4.85. The van der Waals surface area contributed by atoms with Gasteiger partial charge < -0.3 is 9.88 Å². The minimum Gasteiger partial charge on any atom is -0.380 e. The van der Waals surface area contributed by atoms with E-state index in [0.29, 0.717) is 6.54 Å². The molecule has 0 amide bonds. The highest BCUT2D eigenvalue weighted by atomic mass is 16.1. The van der Waals surface area contributed by atoms with Crippen LogP contribution in [-0.4, -0.2) is 14.3 Å². The van der Waals surface area contributed by atoms with E-state index in [4.69, 9.17) is 0 Å². The van der Waals surface area contributed by atoms with Crippen molar-refractivity contribution in [1.29, 1.82) is 0 Å². The summed E-state index contributed by atoms with van der Waals surface area (Å²) in [7, 11) is 1.74. The van der Waals surface area contributed by atoms with Crippen LogP contribution in [0.2, 0.25) is 0 Å². The van der Waals surface area contributed by atoms with Crippen molar-refractivity contribution < 1.29 is 0 Å². The zero-order valence-electron chi connectivity index (χ0n) is 11.7. The quantitative estimate of drug-likeness (QED) is 0.797. The molecule has 0 saturated heterocycles. The first-order chi connectivity index (χ1) is 10.2. The fourth-order valence-corrected chi connectivity index (χ4v) is 2.08. The highest BCUT2D eigenvalue weighted by Gasteiger charge is 2.01. The van der Waals surface area contributed by atoms with Crippen LogP contribution in [0.4, 0.5) is 5.69 Å². The molecule has 0 atom stereocenters. The van der Waals surface area contributed by atoms with E-state index in [2.05, 4.69) is 10.4 Å². The predicted octanol–water partition coefficient (Wildman–Crippen LogP) is 2.18. The Kier molecular flexibility index (Phi) is 3.55. The van der Waals surface area contributed by atoms with Gasteiger partial charge in [0.05, 0.1) is 17.6 Å². The molecular weight excluding hydrogens is 264 g/mol. The van der Waals surface area contributed by atoms with Crippen LogP contribution >= 0.6 is 0 Å². The summed E-state index contributed by atoms with van der Waals surface area (Å²) in [5.74, 6) is 0. The molecule has 0 radical (unpaired) electrons. The Bertz CT molecular complexity index is 789. The first kappa shape index (κ1) is 13.2. The lowest BCUT2D eigenvalue weighted by atomic mass is 10.3. The topological polar surface area (TPSA) is 51.9 Å². The van der Waals surface area contributed by atoms with Crippen molar-refractivity contribution in [3.05, 3.63) is 77.0 Å². The molecule has 0 fully saturated rings. The van der Waals surface area contributed by atoms with Crippen molar-refractivity contribution in [2.24, 2.45) is 7.05 Å². The Labute approximate surface area is 122 Å². The van der Waals surface area contributed by atoms with E-state index in [-0.39, 0.29) is 5.56 Å². The van der Waals surface area contributed by atoms with Crippen LogP contribution in [0.25, 0.3) is 5.69 Å². The van der Waals surface area contributed by atoms with Gasteiger partial charge in [0, 0.05) is 37.6 Å². The standard InChI is InChI=1S/C16H16N4O/c1-19-12-14(7-8-16(19)21)17-9-13-10-18-20(11-13)15-5-3-2-4-6-15/h2-8,10-12,17H,9H2,1H3. The van der Waals surface area contributed by atoms with E-state index in [1.54, 1.807) is 29.9 Å². The normalized spacial score (nSPS) is 10.5. The lowest BCUT2D eigenvalue weighted by Gasteiger charge is -2.06. The summed E-state index contributed by atoms with van der Waals surface area (Å²) in [6.07, 6.45) is 5.61. The fourth-order valence-electron chi connectivity index (χ4n) is 2.08. The van der Waals surface area contributed by atoms with Crippen LogP contribution in [0.3, 0.4) is 0 Å². The lowest BCUT2D eigenvalue weighted by molar-refractivity contribution is 0.859. The first-order valence-corrected chi connectivity index (χ1v) is 6.72. The second kappa shape index (κ2) is 5.66. The smallest absolute Gasteiger partial charge is 0.250 e. The maximum Gasteiger partial charge on any atom is 0.250 e. The number of anilines is 1. The van der Waals surface area contributed by atoms with Crippen molar-refractivity contribution in [3.63, 3.8) is 0 Å². The molecule has 1 N–H and O–H groups in total. The molecule has 0 saturated carbocycles. The number of aryl methyl sites for hydroxylation is 1. The van der Waals surface area contributed by atoms with Gasteiger partial charge in [-0.25, -0.2) is 4.68 Å². The van der Waals surface area contributed by atoms with E-state index < -0.39 is 0 Å². The van der Waals surface area contributed by atoms with Crippen LogP contribution in [0.1, 0.15) is 5.56 Å². The molecule has 0 unspecified atom stereocenters. The third-order valence-corrected chi connectivity index (χ3v) is 3.24. The van der Waals surface area contributed by atoms with Gasteiger partial charge in [-0.3, -0.25) is 4.79 Å². The summed E-state index contributed by atoms with van der Waals surface area (Å²) in [5, 5.41) is 7.63. The molecule has 2 heterocycles. The Morgan fingerprint density at radius 1 is 1.10 bits per heavy atom. The van der Waals surface area contributed by atoms with Crippen molar-refractivity contribution in [3.8, 4) is 5.69 Å². The van der Waals surface area contributed by atoms with Gasteiger partial charge in [-0.2, -0.15) is 5.10 Å². The van der Waals surface area contributed by atoms with Crippen molar-refractivity contribution in [2.45, 2.75) is 6.54 Å². The molecule has 3 rings (SSSR count). The first-order valence-electron chi connectivity index (χ1n) is 6.72. The lowest BCUT2D eigenvalue weighted by Crippen LogP contribution is -2.15. The highest BCUT2D eigenvalue weighted by Crippen LogP contribution is 2.10. The van der Waals surface area contributed by atoms with Crippen LogP contribution in [0, 0.1) is 0 Å². The summed E-state index contributed by atoms with van der Waals surface area (Å²) >= 11 is 0. The number of benzene rings is 1. The van der Waals surface area contributed by atoms with Crippen molar-refractivity contribution in [2.75, 3.05) is 5.32 Å². The number of nitrogens with zero attached hydrogens (tertiary/aromatic N) is 3. The Morgan fingerprint density at radius 3 is 2.67 bits per heavy atom. The van der Waals surface area contributed by atoms with Crippen LogP contribution in [0.5, 0.6) is 0 Å². The number of hydrogen-bond acceptors (Lipinski definition) is 3. The molecule has 1 aromatic carbocycles. The molecule has 5 heteroatoms. The highest BCUT2D eigenvalue weighted by molar-refractivity contribution is 5.41. The monoisotopic (exact) mass is 280 g/mol. The van der Waals surface area contributed by atoms with Gasteiger partial charge in [0.2, 0.25) is 5.56 Å². The van der Waals surface area contributed by atoms with E-state index in [0.717, 1.165) is 16.9 Å². The summed E-state index contributed by atoms with van der Waals surface area (Å²) in [6.45, 7) is 0.658. The molecule has 0 aliphatic carbocycles. The van der Waals surface area contributed by atoms with Gasteiger partial charge in [0.15, 0.2) is 0 Å². The molecule has 0 aliphatic heterocycles. The minimum atomic E-state index is -0.0163. The predicted molar refractivity (Wildman–Crippen MR) is 82.6 cm³/mol. The summed E-state index contributed by atoms with van der Waals surface area (Å²) < 4.78 is 3.40. The van der Waals surface area contributed by atoms with E-state index in [9.17, 15) is 4.79 Å². The van der Waals surface area contributed by atoms with Crippen molar-refractivity contribution in [1.82, 2.24) is 14.3 Å². The number of nitrogens with one attached hydrogen (secondary N) is 1. The largest absolute Gasteiger partial charge is 0.380 e. The summed E-state index contributed by atoms with van der Waals surface area (Å²) in [4.78, 5) is 11.3. The molecule has 0 aliphatic rings. The maximum atomic E-state index is 11.3. The molecule has 21 heavy (non-hydrogen) atoms. The molecule has 3 aromatic rings. The van der Waals surface area contributed by atoms with E-state index in [1.807, 2.05) is 47.4 Å². The molecule has 106 valence electrons. The van der Waals surface area contributed by atoms with Gasteiger partial charge in [-0.1, -0.05) is 18.2 Å². The van der Waals surface area contributed by atoms with Gasteiger partial charge >= 0.3 is 0 Å². The minimum absolute atomic E-state index is 0.0163. The molecule has 0 bridgehead atoms. The molecule has 5 nitrogen and oxygen atoms in total. The number of para-hydroxylation sites is 1. The Balaban J connectivity index is 1.70. The van der Waals surface area contributed by atoms with Crippen LogP contribution in [0.15, 0.2) is 65.8 Å². The van der Waals surface area contributed by atoms with Gasteiger partial charge in [-0.15, -0.1) is 0 Å². The average Bonchev–Trinajstić information content (AvgIpc) is 2.98. The van der Waals surface area contributed by atoms with Crippen LogP contribution < -0.4 is 10.9 Å². The second-order valence-electron chi connectivity index (χ2n) is 4.85. The number of pyridine rings is 1. The Morgan fingerprint density at radius 2 is 1.90 bits per heavy atom. The average molecular weight is 280 g/mol. The molecule has 0 spiro atoms. The number of aromatic nitrogens is 3. The fraction of sp³-hybridized carbons (Fsp3) is 0.125. The van der Waals surface area contributed by atoms with Gasteiger partial charge in [0.25, 0.3) is 0 Å². The third-order valence-electron chi connectivity index (χ3n) is 3.24. The molecular formula is C16H16N4O. The zero-order chi connectivity index (χ0) is 14.7. The summed E-state index contributed by atoms with van der Waals surface area (Å²) in [6, 6.07) is 13.3. The number of rotatable bonds is 4. The third kappa shape index (κ3) is 3.02. The Hall–Kier alpha value is -2.82. The SMILES string of the molecule is Cn1cc(NCc2cnn(-c3ccccc3)c2)ccc1=O. The van der Waals surface area contributed by atoms with Crippen LogP contribution in [-0.2, 0) is 13.6 Å². The number of hydrogen-bond donors (Lipinski definition) is 1. The molecule has 2 aromatic heterocycles. The van der Waals surface area contributed by atoms with Gasteiger partial charge in [-0.05, 0) is 18.2 Å².